The summed E-state index contributed by atoms with van der Waals surface area (Å²) in [6.07, 6.45) is 4.08. The van der Waals surface area contributed by atoms with E-state index in [-0.39, 0.29) is 18.7 Å². The maximum absolute atomic E-state index is 13.4. The van der Waals surface area contributed by atoms with Crippen molar-refractivity contribution in [1.82, 2.24) is 16.0 Å². The van der Waals surface area contributed by atoms with Gasteiger partial charge in [-0.15, -0.1) is 0 Å². The van der Waals surface area contributed by atoms with Crippen molar-refractivity contribution in [3.8, 4) is 0 Å². The first kappa shape index (κ1) is 70.0. The number of nitrogens with one attached hydrogen (secondary N) is 3. The van der Waals surface area contributed by atoms with Crippen LogP contribution in [0.15, 0.2) is 0 Å². The number of carbonyl (C=O) groups is 3. The summed E-state index contributed by atoms with van der Waals surface area (Å²) >= 11 is 0. The molecule has 3 aliphatic rings. The Morgan fingerprint density at radius 2 is 0.885 bits per heavy atom. The molecule has 0 aromatic carbocycles. The SMILES string of the molecule is CCCCCCCCCCCCCCCC(=O)N[C@@H](CO[C@@H]1O[C@H](CO)[C@@H](O[C@@H]2O[C@H](CO)[C@H](O)[C@H](O[C@@H]3O[C@H](CO)[C@@H](O)[C@H](O)[C@H]3NC(C)=O)[C@H]2NC(C)=O)[C@H](O)[C@H]1O)[C@H](O)[C@H](O)CCCCCCCCCCCCCC. The molecule has 0 aliphatic carbocycles. The molecule has 3 fully saturated rings. The largest absolute Gasteiger partial charge is 0.394 e. The van der Waals surface area contributed by atoms with Crippen LogP contribution in [-0.4, -0.2) is 205 Å². The van der Waals surface area contributed by atoms with E-state index in [4.69, 9.17) is 28.4 Å². The van der Waals surface area contributed by atoms with Crippen molar-refractivity contribution in [2.75, 3.05) is 26.4 Å². The van der Waals surface area contributed by atoms with Crippen molar-refractivity contribution >= 4 is 17.7 Å². The van der Waals surface area contributed by atoms with Crippen LogP contribution < -0.4 is 16.0 Å². The standard InChI is InChI=1S/C56H105N3O19/c1-5-7-9-11-13-15-17-19-21-23-25-27-29-31-43(66)59-38(46(67)39(65)30-28-26-24-22-20-18-16-14-12-10-8-6-2)35-73-56-51(72)50(71)52(42(34-62)76-56)77-55-45(58-37(4)64)53(48(69)41(33-61)75-55)78-54-44(57-36(3)63)49(70)47(68)40(32-60)74-54/h38-42,44-56,60-62,65,67-72H,5-35H2,1-4H3,(H,57,63)(H,58,64)(H,59,66)/t38-,39+,40+,41+,42+,44+,45+,46-,47+,48-,49+,50+,51+,52+,53+,54-,55-,56+/m0/s1. The van der Waals surface area contributed by atoms with Gasteiger partial charge in [-0.1, -0.05) is 168 Å². The average Bonchev–Trinajstić information content (AvgIpc) is 3.43. The fraction of sp³-hybridized carbons (Fsp3) is 0.946. The summed E-state index contributed by atoms with van der Waals surface area (Å²) in [5.41, 5.74) is 0. The maximum atomic E-state index is 13.4. The predicted molar refractivity (Wildman–Crippen MR) is 288 cm³/mol. The van der Waals surface area contributed by atoms with Gasteiger partial charge in [-0.2, -0.15) is 0 Å². The molecule has 3 amide bonds. The number of hydrogen-bond donors (Lipinski definition) is 13. The van der Waals surface area contributed by atoms with E-state index in [0.717, 1.165) is 65.2 Å². The Morgan fingerprint density at radius 3 is 1.36 bits per heavy atom. The lowest BCUT2D eigenvalue weighted by molar-refractivity contribution is -0.360. The van der Waals surface area contributed by atoms with Gasteiger partial charge in [0.05, 0.1) is 38.6 Å². The first-order valence-electron chi connectivity index (χ1n) is 29.8. The summed E-state index contributed by atoms with van der Waals surface area (Å²) < 4.78 is 35.7. The molecule has 0 aromatic rings. The van der Waals surface area contributed by atoms with Gasteiger partial charge in [0.15, 0.2) is 18.9 Å². The molecule has 3 aliphatic heterocycles. The van der Waals surface area contributed by atoms with E-state index < -0.39 is 148 Å². The van der Waals surface area contributed by atoms with Gasteiger partial charge in [0.25, 0.3) is 0 Å². The monoisotopic (exact) mass is 1120 g/mol. The van der Waals surface area contributed by atoms with Crippen molar-refractivity contribution in [2.24, 2.45) is 0 Å². The first-order valence-corrected chi connectivity index (χ1v) is 29.8. The van der Waals surface area contributed by atoms with Crippen LogP contribution in [0.3, 0.4) is 0 Å². The number of carbonyl (C=O) groups excluding carboxylic acids is 3. The third-order valence-electron chi connectivity index (χ3n) is 15.3. The van der Waals surface area contributed by atoms with Crippen molar-refractivity contribution in [3.63, 3.8) is 0 Å². The summed E-state index contributed by atoms with van der Waals surface area (Å²) in [5.74, 6) is -1.76. The average molecular weight is 1120 g/mol. The van der Waals surface area contributed by atoms with E-state index in [1.54, 1.807) is 0 Å². The Labute approximate surface area is 464 Å². The van der Waals surface area contributed by atoms with Crippen molar-refractivity contribution in [3.05, 3.63) is 0 Å². The summed E-state index contributed by atoms with van der Waals surface area (Å²) in [7, 11) is 0. The third-order valence-corrected chi connectivity index (χ3v) is 15.3. The molecule has 0 saturated carbocycles. The molecule has 22 nitrogen and oxygen atoms in total. The second-order valence-electron chi connectivity index (χ2n) is 22.0. The van der Waals surface area contributed by atoms with Gasteiger partial charge in [0.2, 0.25) is 17.7 Å². The van der Waals surface area contributed by atoms with Crippen LogP contribution in [0.4, 0.5) is 0 Å². The minimum absolute atomic E-state index is 0.170. The molecule has 13 N–H and O–H groups in total. The van der Waals surface area contributed by atoms with Crippen molar-refractivity contribution in [2.45, 2.75) is 311 Å². The molecule has 0 aromatic heterocycles. The number of ether oxygens (including phenoxy) is 6. The Bertz CT molecular complexity index is 1590. The van der Waals surface area contributed by atoms with E-state index in [1.807, 2.05) is 0 Å². The Balaban J connectivity index is 1.69. The summed E-state index contributed by atoms with van der Waals surface area (Å²) in [6, 6.07) is -4.21. The second-order valence-corrected chi connectivity index (χ2v) is 22.0. The first-order chi connectivity index (χ1) is 37.5. The van der Waals surface area contributed by atoms with Gasteiger partial charge in [-0.05, 0) is 12.8 Å². The van der Waals surface area contributed by atoms with Gasteiger partial charge < -0.3 is 95.4 Å². The summed E-state index contributed by atoms with van der Waals surface area (Å²) in [5, 5.41) is 117. The fourth-order valence-electron chi connectivity index (χ4n) is 10.6. The minimum atomic E-state index is -1.93. The molecule has 0 bridgehead atoms. The fourth-order valence-corrected chi connectivity index (χ4v) is 10.6. The van der Waals surface area contributed by atoms with Crippen LogP contribution >= 0.6 is 0 Å². The predicted octanol–water partition coefficient (Wildman–Crippen LogP) is 2.52. The zero-order chi connectivity index (χ0) is 57.4. The minimum Gasteiger partial charge on any atom is -0.394 e. The topological polar surface area (TPSA) is 345 Å². The molecule has 3 heterocycles. The second kappa shape index (κ2) is 40.1. The highest BCUT2D eigenvalue weighted by Gasteiger charge is 2.55. The maximum Gasteiger partial charge on any atom is 0.220 e. The molecular formula is C56H105N3O19. The number of amides is 3. The molecule has 3 rings (SSSR count). The lowest BCUT2D eigenvalue weighted by Gasteiger charge is -2.50. The van der Waals surface area contributed by atoms with Gasteiger partial charge >= 0.3 is 0 Å². The van der Waals surface area contributed by atoms with Crippen molar-refractivity contribution < 1.29 is 93.9 Å². The van der Waals surface area contributed by atoms with E-state index >= 15 is 0 Å². The van der Waals surface area contributed by atoms with E-state index in [0.29, 0.717) is 12.8 Å². The lowest BCUT2D eigenvalue weighted by atomic mass is 9.94. The number of rotatable bonds is 42. The van der Waals surface area contributed by atoms with E-state index in [1.165, 1.54) is 96.3 Å². The van der Waals surface area contributed by atoms with Crippen LogP contribution in [0.1, 0.15) is 201 Å². The molecule has 458 valence electrons. The summed E-state index contributed by atoms with van der Waals surface area (Å²) in [4.78, 5) is 38.2. The molecule has 78 heavy (non-hydrogen) atoms. The number of unbranched alkanes of at least 4 members (excludes halogenated alkanes) is 23. The molecule has 18 atom stereocenters. The summed E-state index contributed by atoms with van der Waals surface area (Å²) in [6.45, 7) is 3.66. The highest BCUT2D eigenvalue weighted by Crippen LogP contribution is 2.33. The molecule has 0 radical (unpaired) electrons. The third kappa shape index (κ3) is 24.7. The van der Waals surface area contributed by atoms with Crippen LogP contribution in [-0.2, 0) is 42.8 Å². The number of aliphatic hydroxyl groups is 10. The van der Waals surface area contributed by atoms with Crippen LogP contribution in [0.5, 0.6) is 0 Å². The highest BCUT2D eigenvalue weighted by atomic mass is 16.7. The normalized spacial score (nSPS) is 30.6. The van der Waals surface area contributed by atoms with Crippen LogP contribution in [0, 0.1) is 0 Å². The van der Waals surface area contributed by atoms with Crippen molar-refractivity contribution in [1.29, 1.82) is 0 Å². The number of aliphatic hydroxyl groups excluding tert-OH is 10. The zero-order valence-electron chi connectivity index (χ0n) is 47.5. The van der Waals surface area contributed by atoms with Gasteiger partial charge in [-0.3, -0.25) is 14.4 Å². The molecular weight excluding hydrogens is 1020 g/mol. The molecule has 0 unspecified atom stereocenters. The number of hydrogen-bond acceptors (Lipinski definition) is 19. The van der Waals surface area contributed by atoms with Gasteiger partial charge in [0.1, 0.15) is 79.2 Å². The Hall–Kier alpha value is -2.23. The van der Waals surface area contributed by atoms with Gasteiger partial charge in [-0.25, -0.2) is 0 Å². The van der Waals surface area contributed by atoms with E-state index in [2.05, 4.69) is 29.8 Å². The molecule has 0 spiro atoms. The Morgan fingerprint density at radius 1 is 0.474 bits per heavy atom. The smallest absolute Gasteiger partial charge is 0.220 e. The molecule has 3 saturated heterocycles. The van der Waals surface area contributed by atoms with Crippen LogP contribution in [0.25, 0.3) is 0 Å². The van der Waals surface area contributed by atoms with E-state index in [9.17, 15) is 65.4 Å². The molecule has 22 heteroatoms. The Kier molecular flexibility index (Phi) is 36.0. The highest BCUT2D eigenvalue weighted by molar-refractivity contribution is 5.76. The quantitative estimate of drug-likeness (QED) is 0.0391. The van der Waals surface area contributed by atoms with Crippen LogP contribution in [0.2, 0.25) is 0 Å². The lowest BCUT2D eigenvalue weighted by Crippen LogP contribution is -2.70. The van der Waals surface area contributed by atoms with Gasteiger partial charge in [0, 0.05) is 20.3 Å². The zero-order valence-corrected chi connectivity index (χ0v) is 47.5.